The van der Waals surface area contributed by atoms with Gasteiger partial charge in [-0.15, -0.1) is 0 Å². The van der Waals surface area contributed by atoms with Crippen LogP contribution in [0.1, 0.15) is 31.9 Å². The molecule has 0 aliphatic rings. The maximum absolute atomic E-state index is 5.64. The Morgan fingerprint density at radius 3 is 2.92 bits per heavy atom. The second kappa shape index (κ2) is 4.77. The lowest BCUT2D eigenvalue weighted by molar-refractivity contribution is 0.548. The normalized spacial score (nSPS) is 13.2. The molecular formula is C9H16BrN3. The smallest absolute Gasteiger partial charge is 0.0635 e. The van der Waals surface area contributed by atoms with Crippen molar-refractivity contribution < 1.29 is 0 Å². The van der Waals surface area contributed by atoms with Gasteiger partial charge in [0.05, 0.1) is 16.4 Å². The Morgan fingerprint density at radius 1 is 1.69 bits per heavy atom. The van der Waals surface area contributed by atoms with Crippen molar-refractivity contribution in [1.82, 2.24) is 9.78 Å². The first kappa shape index (κ1) is 10.7. The molecule has 1 unspecified atom stereocenters. The standard InChI is InChI=1S/C9H16BrN3/c1-3-4-13-9(7(2)5-11)8(10)6-12-13/h6-7H,3-5,11H2,1-2H3. The van der Waals surface area contributed by atoms with Crippen molar-refractivity contribution in [3.05, 3.63) is 16.4 Å². The molecule has 1 rings (SSSR count). The topological polar surface area (TPSA) is 43.8 Å². The molecule has 0 saturated carbocycles. The van der Waals surface area contributed by atoms with Crippen molar-refractivity contribution >= 4 is 15.9 Å². The third-order valence-corrected chi connectivity index (χ3v) is 2.70. The van der Waals surface area contributed by atoms with Gasteiger partial charge in [0.1, 0.15) is 0 Å². The van der Waals surface area contributed by atoms with Gasteiger partial charge in [0.2, 0.25) is 0 Å². The number of aromatic nitrogens is 2. The van der Waals surface area contributed by atoms with Gasteiger partial charge < -0.3 is 5.73 Å². The first-order chi connectivity index (χ1) is 6.20. The quantitative estimate of drug-likeness (QED) is 0.884. The van der Waals surface area contributed by atoms with Crippen molar-refractivity contribution in [1.29, 1.82) is 0 Å². The predicted molar refractivity (Wildman–Crippen MR) is 57.7 cm³/mol. The molecule has 0 fully saturated rings. The molecule has 0 aromatic carbocycles. The molecule has 1 aromatic heterocycles. The van der Waals surface area contributed by atoms with E-state index in [1.54, 1.807) is 0 Å². The van der Waals surface area contributed by atoms with Crippen LogP contribution in [-0.4, -0.2) is 16.3 Å². The number of aryl methyl sites for hydroxylation is 1. The van der Waals surface area contributed by atoms with Gasteiger partial charge in [-0.2, -0.15) is 5.10 Å². The van der Waals surface area contributed by atoms with Gasteiger partial charge in [-0.3, -0.25) is 4.68 Å². The third kappa shape index (κ3) is 2.31. The monoisotopic (exact) mass is 245 g/mol. The minimum absolute atomic E-state index is 0.364. The highest BCUT2D eigenvalue weighted by Crippen LogP contribution is 2.23. The fourth-order valence-electron chi connectivity index (χ4n) is 1.36. The average molecular weight is 246 g/mol. The van der Waals surface area contributed by atoms with E-state index in [4.69, 9.17) is 5.73 Å². The van der Waals surface area contributed by atoms with Crippen LogP contribution >= 0.6 is 15.9 Å². The third-order valence-electron chi connectivity index (χ3n) is 2.09. The van der Waals surface area contributed by atoms with E-state index in [0.717, 1.165) is 17.4 Å². The Bertz CT molecular complexity index is 270. The molecule has 0 aliphatic heterocycles. The molecule has 1 heterocycles. The summed E-state index contributed by atoms with van der Waals surface area (Å²) in [7, 11) is 0. The lowest BCUT2D eigenvalue weighted by Crippen LogP contribution is -2.15. The van der Waals surface area contributed by atoms with Crippen LogP contribution in [0.15, 0.2) is 10.7 Å². The van der Waals surface area contributed by atoms with Crippen LogP contribution in [0.5, 0.6) is 0 Å². The van der Waals surface area contributed by atoms with E-state index in [1.807, 2.05) is 10.9 Å². The fourth-order valence-corrected chi connectivity index (χ4v) is 2.05. The summed E-state index contributed by atoms with van der Waals surface area (Å²) in [4.78, 5) is 0. The van der Waals surface area contributed by atoms with E-state index in [9.17, 15) is 0 Å². The summed E-state index contributed by atoms with van der Waals surface area (Å²) in [6, 6.07) is 0. The molecule has 1 atom stereocenters. The second-order valence-electron chi connectivity index (χ2n) is 3.24. The summed E-state index contributed by atoms with van der Waals surface area (Å²) in [6.07, 6.45) is 2.94. The van der Waals surface area contributed by atoms with Crippen molar-refractivity contribution in [3.63, 3.8) is 0 Å². The summed E-state index contributed by atoms with van der Waals surface area (Å²) in [6.45, 7) is 5.89. The Hall–Kier alpha value is -0.350. The van der Waals surface area contributed by atoms with Gasteiger partial charge in [0.15, 0.2) is 0 Å². The summed E-state index contributed by atoms with van der Waals surface area (Å²) >= 11 is 3.49. The zero-order valence-corrected chi connectivity index (χ0v) is 9.71. The van der Waals surface area contributed by atoms with E-state index < -0.39 is 0 Å². The average Bonchev–Trinajstić information content (AvgIpc) is 2.47. The fraction of sp³-hybridized carbons (Fsp3) is 0.667. The molecule has 0 radical (unpaired) electrons. The molecule has 13 heavy (non-hydrogen) atoms. The minimum atomic E-state index is 0.364. The minimum Gasteiger partial charge on any atom is -0.330 e. The van der Waals surface area contributed by atoms with Crippen molar-refractivity contribution in [2.75, 3.05) is 6.54 Å². The first-order valence-corrected chi connectivity index (χ1v) is 5.41. The van der Waals surface area contributed by atoms with Crippen LogP contribution in [0.2, 0.25) is 0 Å². The van der Waals surface area contributed by atoms with Gasteiger partial charge in [-0.1, -0.05) is 13.8 Å². The van der Waals surface area contributed by atoms with E-state index in [2.05, 4.69) is 34.9 Å². The van der Waals surface area contributed by atoms with E-state index in [-0.39, 0.29) is 0 Å². The number of nitrogens with zero attached hydrogens (tertiary/aromatic N) is 2. The Balaban J connectivity index is 2.93. The molecule has 1 aromatic rings. The summed E-state index contributed by atoms with van der Waals surface area (Å²) in [5.74, 6) is 0.364. The van der Waals surface area contributed by atoms with Crippen LogP contribution in [0.25, 0.3) is 0 Å². The summed E-state index contributed by atoms with van der Waals surface area (Å²) in [5, 5.41) is 4.29. The second-order valence-corrected chi connectivity index (χ2v) is 4.09. The molecule has 3 nitrogen and oxygen atoms in total. The first-order valence-electron chi connectivity index (χ1n) is 4.62. The molecule has 0 saturated heterocycles. The molecule has 2 N–H and O–H groups in total. The molecule has 0 bridgehead atoms. The van der Waals surface area contributed by atoms with E-state index in [0.29, 0.717) is 12.5 Å². The zero-order valence-electron chi connectivity index (χ0n) is 8.13. The lowest BCUT2D eigenvalue weighted by atomic mass is 10.1. The van der Waals surface area contributed by atoms with Crippen LogP contribution in [0, 0.1) is 0 Å². The molecule has 0 spiro atoms. The molecule has 0 amide bonds. The number of rotatable bonds is 4. The highest BCUT2D eigenvalue weighted by molar-refractivity contribution is 9.10. The van der Waals surface area contributed by atoms with Crippen LogP contribution in [0.4, 0.5) is 0 Å². The Morgan fingerprint density at radius 2 is 2.38 bits per heavy atom. The summed E-state index contributed by atoms with van der Waals surface area (Å²) < 4.78 is 3.10. The lowest BCUT2D eigenvalue weighted by Gasteiger charge is -2.12. The molecule has 74 valence electrons. The van der Waals surface area contributed by atoms with Crippen LogP contribution in [0.3, 0.4) is 0 Å². The molecular weight excluding hydrogens is 230 g/mol. The molecule has 0 aliphatic carbocycles. The van der Waals surface area contributed by atoms with Gasteiger partial charge in [-0.05, 0) is 22.4 Å². The number of halogens is 1. The predicted octanol–water partition coefficient (Wildman–Crippen LogP) is 2.12. The van der Waals surface area contributed by atoms with Crippen molar-refractivity contribution in [3.8, 4) is 0 Å². The van der Waals surface area contributed by atoms with E-state index >= 15 is 0 Å². The number of nitrogens with two attached hydrogens (primary N) is 1. The Kier molecular flexibility index (Phi) is 3.93. The van der Waals surface area contributed by atoms with Gasteiger partial charge in [0, 0.05) is 19.0 Å². The van der Waals surface area contributed by atoms with Gasteiger partial charge in [0.25, 0.3) is 0 Å². The van der Waals surface area contributed by atoms with Gasteiger partial charge in [-0.25, -0.2) is 0 Å². The molecule has 4 heteroatoms. The van der Waals surface area contributed by atoms with Crippen LogP contribution < -0.4 is 5.73 Å². The van der Waals surface area contributed by atoms with Crippen molar-refractivity contribution in [2.45, 2.75) is 32.7 Å². The Labute approximate surface area is 87.4 Å². The largest absolute Gasteiger partial charge is 0.330 e. The van der Waals surface area contributed by atoms with Crippen LogP contribution in [-0.2, 0) is 6.54 Å². The zero-order chi connectivity index (χ0) is 9.84. The van der Waals surface area contributed by atoms with E-state index in [1.165, 1.54) is 5.69 Å². The summed E-state index contributed by atoms with van der Waals surface area (Å²) in [5.41, 5.74) is 6.85. The highest BCUT2D eigenvalue weighted by Gasteiger charge is 2.13. The number of hydrogen-bond acceptors (Lipinski definition) is 2. The highest BCUT2D eigenvalue weighted by atomic mass is 79.9. The maximum atomic E-state index is 5.64. The SMILES string of the molecule is CCCn1ncc(Br)c1C(C)CN. The maximum Gasteiger partial charge on any atom is 0.0635 e. The van der Waals surface area contributed by atoms with Gasteiger partial charge >= 0.3 is 0 Å². The van der Waals surface area contributed by atoms with Crippen molar-refractivity contribution in [2.24, 2.45) is 5.73 Å². The number of hydrogen-bond donors (Lipinski definition) is 1.